The summed E-state index contributed by atoms with van der Waals surface area (Å²) in [5.41, 5.74) is 0.524. The highest BCUT2D eigenvalue weighted by molar-refractivity contribution is 5.93. The van der Waals surface area contributed by atoms with Crippen LogP contribution in [-0.4, -0.2) is 37.6 Å². The van der Waals surface area contributed by atoms with E-state index in [1.165, 1.54) is 16.8 Å². The predicted octanol–water partition coefficient (Wildman–Crippen LogP) is 2.50. The summed E-state index contributed by atoms with van der Waals surface area (Å²) in [6.07, 6.45) is 2.87. The van der Waals surface area contributed by atoms with Crippen molar-refractivity contribution in [2.24, 2.45) is 0 Å². The second kappa shape index (κ2) is 9.13. The van der Waals surface area contributed by atoms with Gasteiger partial charge in [-0.2, -0.15) is 0 Å². The van der Waals surface area contributed by atoms with Gasteiger partial charge in [0.25, 0.3) is 5.88 Å². The fraction of sp³-hybridized carbons (Fsp3) is 0.136. The van der Waals surface area contributed by atoms with Crippen molar-refractivity contribution >= 4 is 23.2 Å². The number of amides is 1. The van der Waals surface area contributed by atoms with Crippen LogP contribution in [0.2, 0.25) is 0 Å². The summed E-state index contributed by atoms with van der Waals surface area (Å²) in [6.45, 7) is 1.68. The molecule has 0 fully saturated rings. The number of aromatic nitrogens is 4. The number of hydrogen-bond donors (Lipinski definition) is 1. The van der Waals surface area contributed by atoms with Gasteiger partial charge in [-0.15, -0.1) is 5.10 Å². The second-order valence-corrected chi connectivity index (χ2v) is 6.63. The molecule has 0 saturated heterocycles. The van der Waals surface area contributed by atoms with Crippen molar-refractivity contribution < 1.29 is 19.1 Å². The van der Waals surface area contributed by atoms with Gasteiger partial charge in [0.1, 0.15) is 12.3 Å². The number of fused-ring (bicyclic) bond motifs is 1. The Hall–Kier alpha value is -4.47. The van der Waals surface area contributed by atoms with Crippen molar-refractivity contribution in [1.82, 2.24) is 19.2 Å². The minimum atomic E-state index is -0.506. The molecule has 162 valence electrons. The Bertz CT molecular complexity index is 1310. The van der Waals surface area contributed by atoms with Crippen LogP contribution in [0.3, 0.4) is 0 Å². The van der Waals surface area contributed by atoms with Crippen LogP contribution in [-0.2, 0) is 16.1 Å². The highest BCUT2D eigenvalue weighted by Gasteiger charge is 2.16. The molecule has 2 aromatic carbocycles. The van der Waals surface area contributed by atoms with Gasteiger partial charge in [0, 0.05) is 18.1 Å². The summed E-state index contributed by atoms with van der Waals surface area (Å²) in [5, 5.41) is 6.87. The Morgan fingerprint density at radius 1 is 1.06 bits per heavy atom. The van der Waals surface area contributed by atoms with Crippen molar-refractivity contribution in [3.05, 3.63) is 83.0 Å². The van der Waals surface area contributed by atoms with Crippen LogP contribution in [0.5, 0.6) is 11.6 Å². The van der Waals surface area contributed by atoms with Gasteiger partial charge in [-0.25, -0.2) is 23.7 Å². The molecule has 4 aromatic rings. The Kier molecular flexibility index (Phi) is 5.93. The molecule has 0 aliphatic carbocycles. The number of carbonyl (C=O) groups excluding carboxylic acids is 2. The Balaban J connectivity index is 1.50. The molecule has 10 nitrogen and oxygen atoms in total. The number of para-hydroxylation sites is 1. The molecule has 1 N–H and O–H groups in total. The van der Waals surface area contributed by atoms with E-state index in [0.29, 0.717) is 17.0 Å². The van der Waals surface area contributed by atoms with Crippen molar-refractivity contribution in [2.45, 2.75) is 13.5 Å². The van der Waals surface area contributed by atoms with Crippen LogP contribution < -0.4 is 15.7 Å². The molecule has 1 amide bonds. The summed E-state index contributed by atoms with van der Waals surface area (Å²) in [7, 11) is 0. The van der Waals surface area contributed by atoms with Crippen LogP contribution in [0.25, 0.3) is 5.65 Å². The first-order valence-corrected chi connectivity index (χ1v) is 9.79. The van der Waals surface area contributed by atoms with E-state index in [2.05, 4.69) is 15.4 Å². The molecule has 0 saturated carbocycles. The number of nitrogens with zero attached hydrogens (tertiary/aromatic N) is 4. The van der Waals surface area contributed by atoms with Gasteiger partial charge >= 0.3 is 11.7 Å². The normalized spacial score (nSPS) is 10.7. The van der Waals surface area contributed by atoms with Crippen molar-refractivity contribution in [2.75, 3.05) is 11.9 Å². The molecular formula is C22H19N5O5. The van der Waals surface area contributed by atoms with Crippen LogP contribution in [0, 0.1) is 0 Å². The third-order valence-corrected chi connectivity index (χ3v) is 4.40. The average Bonchev–Trinajstić information content (AvgIpc) is 3.11. The number of carbonyl (C=O) groups is 2. The summed E-state index contributed by atoms with van der Waals surface area (Å²) >= 11 is 0. The third kappa shape index (κ3) is 4.48. The fourth-order valence-electron chi connectivity index (χ4n) is 2.94. The number of ether oxygens (including phenoxy) is 2. The largest absolute Gasteiger partial charge is 0.462 e. The van der Waals surface area contributed by atoms with Crippen LogP contribution in [0.1, 0.15) is 17.3 Å². The first-order valence-electron chi connectivity index (χ1n) is 9.79. The monoisotopic (exact) mass is 433 g/mol. The molecule has 0 aliphatic heterocycles. The molecule has 0 bridgehead atoms. The lowest BCUT2D eigenvalue weighted by Gasteiger charge is -2.06. The Morgan fingerprint density at radius 2 is 1.81 bits per heavy atom. The smallest absolute Gasteiger partial charge is 0.351 e. The highest BCUT2D eigenvalue weighted by atomic mass is 16.5. The zero-order chi connectivity index (χ0) is 22.5. The first-order chi connectivity index (χ1) is 15.5. The maximum Gasteiger partial charge on any atom is 0.351 e. The fourth-order valence-corrected chi connectivity index (χ4v) is 2.94. The molecule has 0 radical (unpaired) electrons. The highest BCUT2D eigenvalue weighted by Crippen LogP contribution is 2.21. The number of nitrogens with one attached hydrogen (secondary N) is 1. The summed E-state index contributed by atoms with van der Waals surface area (Å²) in [4.78, 5) is 41.0. The van der Waals surface area contributed by atoms with E-state index in [9.17, 15) is 14.4 Å². The van der Waals surface area contributed by atoms with Gasteiger partial charge in [0.15, 0.2) is 0 Å². The molecule has 0 spiro atoms. The minimum Gasteiger partial charge on any atom is -0.462 e. The molecule has 2 heterocycles. The maximum atomic E-state index is 12.7. The summed E-state index contributed by atoms with van der Waals surface area (Å²) < 4.78 is 12.9. The number of rotatable bonds is 7. The Labute approximate surface area is 182 Å². The zero-order valence-corrected chi connectivity index (χ0v) is 17.1. The lowest BCUT2D eigenvalue weighted by molar-refractivity contribution is -0.117. The SMILES string of the molecule is CCOC(=O)c1ccc(NC(=O)Cn2nc3c(Oc4ccccc4)nccn3c2=O)cc1. The van der Waals surface area contributed by atoms with Gasteiger partial charge < -0.3 is 14.8 Å². The zero-order valence-electron chi connectivity index (χ0n) is 17.1. The molecule has 4 rings (SSSR count). The van der Waals surface area contributed by atoms with E-state index in [-0.39, 0.29) is 24.7 Å². The number of anilines is 1. The number of esters is 1. The van der Waals surface area contributed by atoms with Crippen molar-refractivity contribution in [3.63, 3.8) is 0 Å². The van der Waals surface area contributed by atoms with E-state index in [1.807, 2.05) is 18.2 Å². The van der Waals surface area contributed by atoms with Crippen molar-refractivity contribution in [1.29, 1.82) is 0 Å². The number of hydrogen-bond acceptors (Lipinski definition) is 7. The lowest BCUT2D eigenvalue weighted by atomic mass is 10.2. The van der Waals surface area contributed by atoms with Gasteiger partial charge in [-0.3, -0.25) is 4.79 Å². The average molecular weight is 433 g/mol. The maximum absolute atomic E-state index is 12.7. The summed E-state index contributed by atoms with van der Waals surface area (Å²) in [6, 6.07) is 15.2. The molecule has 0 unspecified atom stereocenters. The van der Waals surface area contributed by atoms with E-state index in [0.717, 1.165) is 4.68 Å². The van der Waals surface area contributed by atoms with Crippen LogP contribution >= 0.6 is 0 Å². The number of benzene rings is 2. The third-order valence-electron chi connectivity index (χ3n) is 4.40. The van der Waals surface area contributed by atoms with Crippen LogP contribution in [0.15, 0.2) is 71.8 Å². The Morgan fingerprint density at radius 3 is 2.53 bits per heavy atom. The molecule has 10 heteroatoms. The van der Waals surface area contributed by atoms with E-state index < -0.39 is 17.6 Å². The summed E-state index contributed by atoms with van der Waals surface area (Å²) in [5.74, 6) is -0.217. The van der Waals surface area contributed by atoms with E-state index >= 15 is 0 Å². The quantitative estimate of drug-likeness (QED) is 0.445. The molecule has 32 heavy (non-hydrogen) atoms. The van der Waals surface area contributed by atoms with Gasteiger partial charge in [0.05, 0.1) is 12.2 Å². The van der Waals surface area contributed by atoms with Crippen molar-refractivity contribution in [3.8, 4) is 11.6 Å². The second-order valence-electron chi connectivity index (χ2n) is 6.63. The molecular weight excluding hydrogens is 414 g/mol. The minimum absolute atomic E-state index is 0.143. The van der Waals surface area contributed by atoms with Gasteiger partial charge in [-0.1, -0.05) is 18.2 Å². The van der Waals surface area contributed by atoms with Gasteiger partial charge in [0.2, 0.25) is 11.6 Å². The van der Waals surface area contributed by atoms with E-state index in [4.69, 9.17) is 9.47 Å². The van der Waals surface area contributed by atoms with E-state index in [1.54, 1.807) is 43.3 Å². The molecule has 0 atom stereocenters. The standard InChI is InChI=1S/C22H19N5O5/c1-2-31-21(29)15-8-10-16(11-9-15)24-18(28)14-27-22(30)26-13-12-23-20(19(26)25-27)32-17-6-4-3-5-7-17/h3-13H,2,14H2,1H3,(H,24,28). The first kappa shape index (κ1) is 20.8. The van der Waals surface area contributed by atoms with Gasteiger partial charge in [-0.05, 0) is 43.3 Å². The lowest BCUT2D eigenvalue weighted by Crippen LogP contribution is -2.28. The topological polar surface area (TPSA) is 117 Å². The molecule has 0 aliphatic rings. The predicted molar refractivity (Wildman–Crippen MR) is 115 cm³/mol. The molecule has 2 aromatic heterocycles. The van der Waals surface area contributed by atoms with Crippen LogP contribution in [0.4, 0.5) is 5.69 Å².